The fourth-order valence-corrected chi connectivity index (χ4v) is 3.54. The first-order chi connectivity index (χ1) is 10.4. The molecule has 0 saturated heterocycles. The summed E-state index contributed by atoms with van der Waals surface area (Å²) in [6.07, 6.45) is 25.5. The van der Waals surface area contributed by atoms with Crippen LogP contribution in [0.15, 0.2) is 36.0 Å². The molecule has 0 unspecified atom stereocenters. The molecule has 0 heterocycles. The molecule has 0 bridgehead atoms. The molecule has 0 spiro atoms. The van der Waals surface area contributed by atoms with Crippen LogP contribution < -0.4 is 0 Å². The molecular weight excluding hydrogens is 264 g/mol. The van der Waals surface area contributed by atoms with E-state index < -0.39 is 0 Å². The lowest BCUT2D eigenvalue weighted by Gasteiger charge is -2.29. The summed E-state index contributed by atoms with van der Waals surface area (Å²) in [6, 6.07) is 0. The van der Waals surface area contributed by atoms with Crippen LogP contribution in [0.25, 0.3) is 0 Å². The predicted molar refractivity (Wildman–Crippen MR) is 103 cm³/mol. The largest absolute Gasteiger partial charge is 0.0807 e. The first-order valence-electron chi connectivity index (χ1n) is 9.43. The molecule has 0 N–H and O–H groups in total. The molecule has 0 atom stereocenters. The molecule has 2 aliphatic rings. The van der Waals surface area contributed by atoms with Gasteiger partial charge in [-0.05, 0) is 49.5 Å². The van der Waals surface area contributed by atoms with Crippen LogP contribution in [0.1, 0.15) is 92.4 Å². The summed E-state index contributed by atoms with van der Waals surface area (Å²) in [6.45, 7) is 6.30. The fraction of sp³-hybridized carbons (Fsp3) is 0.727. The zero-order valence-electron chi connectivity index (χ0n) is 14.6. The van der Waals surface area contributed by atoms with Gasteiger partial charge in [0.25, 0.3) is 0 Å². The zero-order chi connectivity index (χ0) is 15.3. The van der Waals surface area contributed by atoms with Crippen LogP contribution in [0.3, 0.4) is 0 Å². The molecular formula is C22H40. The topological polar surface area (TPSA) is 0 Å². The molecule has 0 aromatic carbocycles. The van der Waals surface area contributed by atoms with Crippen molar-refractivity contribution in [1.82, 2.24) is 0 Å². The van der Waals surface area contributed by atoms with Crippen molar-refractivity contribution >= 4 is 0 Å². The summed E-state index contributed by atoms with van der Waals surface area (Å²) >= 11 is 0. The maximum atomic E-state index is 2.44. The van der Waals surface area contributed by atoms with Crippen LogP contribution in [0.2, 0.25) is 0 Å². The highest BCUT2D eigenvalue weighted by Crippen LogP contribution is 2.36. The molecule has 0 aromatic rings. The Hall–Kier alpha value is -0.780. The molecule has 128 valence electrons. The first kappa shape index (κ1) is 21.2. The van der Waals surface area contributed by atoms with Crippen molar-refractivity contribution in [3.8, 4) is 0 Å². The van der Waals surface area contributed by atoms with E-state index in [1.54, 1.807) is 5.57 Å². The highest BCUT2D eigenvalue weighted by molar-refractivity contribution is 5.28. The Morgan fingerprint density at radius 2 is 1.68 bits per heavy atom. The number of hydrogen-bond donors (Lipinski definition) is 0. The van der Waals surface area contributed by atoms with Crippen LogP contribution >= 0.6 is 0 Å². The molecule has 1 fully saturated rings. The second kappa shape index (κ2) is 13.9. The minimum Gasteiger partial charge on any atom is -0.0807 e. The van der Waals surface area contributed by atoms with Crippen LogP contribution in [-0.4, -0.2) is 0 Å². The highest BCUT2D eigenvalue weighted by Gasteiger charge is 2.22. The van der Waals surface area contributed by atoms with Gasteiger partial charge >= 0.3 is 0 Å². The molecule has 0 amide bonds. The van der Waals surface area contributed by atoms with Gasteiger partial charge in [-0.2, -0.15) is 0 Å². The Balaban J connectivity index is 0.00000141. The second-order valence-electron chi connectivity index (χ2n) is 6.29. The van der Waals surface area contributed by atoms with Gasteiger partial charge in [-0.3, -0.25) is 0 Å². The smallest absolute Gasteiger partial charge is 0.0160 e. The normalized spacial score (nSPS) is 23.7. The zero-order valence-corrected chi connectivity index (χ0v) is 14.6. The molecule has 0 nitrogen and oxygen atoms in total. The third kappa shape index (κ3) is 8.01. The Morgan fingerprint density at radius 3 is 2.36 bits per heavy atom. The predicted octanol–water partition coefficient (Wildman–Crippen LogP) is 7.87. The SMILES string of the molecule is C.CC.CCCCCCC1CCC(C2=CCC=CC=C2)CC1. The van der Waals surface area contributed by atoms with Gasteiger partial charge in [0.2, 0.25) is 0 Å². The van der Waals surface area contributed by atoms with Crippen LogP contribution in [0, 0.1) is 11.8 Å². The lowest BCUT2D eigenvalue weighted by Crippen LogP contribution is -2.15. The van der Waals surface area contributed by atoms with Crippen molar-refractivity contribution in [3.63, 3.8) is 0 Å². The van der Waals surface area contributed by atoms with Crippen molar-refractivity contribution in [2.45, 2.75) is 92.4 Å². The Labute approximate surface area is 140 Å². The monoisotopic (exact) mass is 304 g/mol. The average molecular weight is 305 g/mol. The molecule has 22 heavy (non-hydrogen) atoms. The number of allylic oxidation sites excluding steroid dienone is 6. The minimum absolute atomic E-state index is 0. The maximum absolute atomic E-state index is 2.44. The molecule has 0 aromatic heterocycles. The van der Waals surface area contributed by atoms with Gasteiger partial charge in [-0.15, -0.1) is 0 Å². The van der Waals surface area contributed by atoms with Crippen LogP contribution in [0.4, 0.5) is 0 Å². The second-order valence-corrected chi connectivity index (χ2v) is 6.29. The summed E-state index contributed by atoms with van der Waals surface area (Å²) < 4.78 is 0. The molecule has 0 aliphatic heterocycles. The van der Waals surface area contributed by atoms with E-state index in [4.69, 9.17) is 0 Å². The highest BCUT2D eigenvalue weighted by atomic mass is 14.3. The standard InChI is InChI=1S/C19H30.C2H6.CH4/c1-2-3-4-7-10-17-13-15-19(16-14-17)18-11-8-5-6-9-12-18;1-2;/h5-6,8,11-12,17,19H,2-4,7,9-10,13-16H2,1H3;1-2H3;1H4. The summed E-state index contributed by atoms with van der Waals surface area (Å²) in [4.78, 5) is 0. The number of unbranched alkanes of at least 4 members (excludes halogenated alkanes) is 3. The van der Waals surface area contributed by atoms with Gasteiger partial charge in [0.1, 0.15) is 0 Å². The Bertz CT molecular complexity index is 324. The van der Waals surface area contributed by atoms with Crippen molar-refractivity contribution in [1.29, 1.82) is 0 Å². The van der Waals surface area contributed by atoms with E-state index in [-0.39, 0.29) is 7.43 Å². The third-order valence-electron chi connectivity index (χ3n) is 4.81. The lowest BCUT2D eigenvalue weighted by atomic mass is 9.76. The van der Waals surface area contributed by atoms with Gasteiger partial charge in [0, 0.05) is 0 Å². The average Bonchev–Trinajstić information content (AvgIpc) is 2.83. The van der Waals surface area contributed by atoms with Gasteiger partial charge in [-0.25, -0.2) is 0 Å². The van der Waals surface area contributed by atoms with E-state index >= 15 is 0 Å². The summed E-state index contributed by atoms with van der Waals surface area (Å²) in [5.41, 5.74) is 1.61. The van der Waals surface area contributed by atoms with Gasteiger partial charge in [0.05, 0.1) is 0 Å². The van der Waals surface area contributed by atoms with E-state index in [1.807, 2.05) is 13.8 Å². The van der Waals surface area contributed by atoms with E-state index in [1.165, 1.54) is 57.8 Å². The maximum Gasteiger partial charge on any atom is -0.0160 e. The van der Waals surface area contributed by atoms with Crippen molar-refractivity contribution in [3.05, 3.63) is 36.0 Å². The van der Waals surface area contributed by atoms with Gasteiger partial charge < -0.3 is 0 Å². The van der Waals surface area contributed by atoms with Crippen LogP contribution in [0.5, 0.6) is 0 Å². The molecule has 2 aliphatic carbocycles. The summed E-state index contributed by atoms with van der Waals surface area (Å²) in [5, 5.41) is 0. The molecule has 2 rings (SSSR count). The third-order valence-corrected chi connectivity index (χ3v) is 4.81. The summed E-state index contributed by atoms with van der Waals surface area (Å²) in [7, 11) is 0. The number of rotatable bonds is 6. The Kier molecular flexibility index (Phi) is 13.4. The van der Waals surface area contributed by atoms with E-state index in [9.17, 15) is 0 Å². The van der Waals surface area contributed by atoms with Crippen LogP contribution in [-0.2, 0) is 0 Å². The van der Waals surface area contributed by atoms with E-state index in [2.05, 4.69) is 37.3 Å². The van der Waals surface area contributed by atoms with Crippen molar-refractivity contribution < 1.29 is 0 Å². The minimum atomic E-state index is 0. The summed E-state index contributed by atoms with van der Waals surface area (Å²) in [5.74, 6) is 1.88. The molecule has 0 heteroatoms. The van der Waals surface area contributed by atoms with Gasteiger partial charge in [0.15, 0.2) is 0 Å². The Morgan fingerprint density at radius 1 is 0.955 bits per heavy atom. The molecule has 0 radical (unpaired) electrons. The first-order valence-corrected chi connectivity index (χ1v) is 9.43. The lowest BCUT2D eigenvalue weighted by molar-refractivity contribution is 0.283. The van der Waals surface area contributed by atoms with Crippen molar-refractivity contribution in [2.75, 3.05) is 0 Å². The van der Waals surface area contributed by atoms with Crippen molar-refractivity contribution in [2.24, 2.45) is 11.8 Å². The quantitative estimate of drug-likeness (QED) is 0.438. The number of hydrogen-bond acceptors (Lipinski definition) is 0. The molecule has 1 saturated carbocycles. The van der Waals surface area contributed by atoms with E-state index in [0.717, 1.165) is 18.3 Å². The fourth-order valence-electron chi connectivity index (χ4n) is 3.54. The van der Waals surface area contributed by atoms with E-state index in [0.29, 0.717) is 0 Å². The van der Waals surface area contributed by atoms with Gasteiger partial charge in [-0.1, -0.05) is 90.7 Å².